The molecule has 0 aliphatic rings. The fourth-order valence-electron chi connectivity index (χ4n) is 0.920. The number of rotatable bonds is 2. The molecular weight excluding hydrogens is 228 g/mol. The van der Waals surface area contributed by atoms with Crippen LogP contribution in [-0.4, -0.2) is 11.9 Å². The molecule has 0 bridgehead atoms. The molecule has 0 saturated heterocycles. The second-order valence-electron chi connectivity index (χ2n) is 3.12. The Morgan fingerprint density at radius 3 is 2.06 bits per heavy atom. The molecule has 0 spiro atoms. The summed E-state index contributed by atoms with van der Waals surface area (Å²) in [4.78, 5) is 11.0. The van der Waals surface area contributed by atoms with Crippen LogP contribution in [0.4, 0.5) is 23.2 Å². The van der Waals surface area contributed by atoms with Gasteiger partial charge in [-0.05, 0) is 6.92 Å². The second-order valence-corrected chi connectivity index (χ2v) is 3.12. The predicted octanol–water partition coefficient (Wildman–Crippen LogP) is 1.53. The quantitative estimate of drug-likeness (QED) is 0.604. The lowest BCUT2D eigenvalue weighted by molar-refractivity contribution is -0.117. The van der Waals surface area contributed by atoms with Gasteiger partial charge in [-0.2, -0.15) is 0 Å². The largest absolute Gasteiger partial charge is 0.320 e. The fraction of sp³-hybridized carbons (Fsp3) is 0.222. The highest BCUT2D eigenvalue weighted by atomic mass is 19.2. The number of nitrogens with two attached hydrogens (primary N) is 1. The van der Waals surface area contributed by atoms with Gasteiger partial charge in [0.1, 0.15) is 5.69 Å². The second kappa shape index (κ2) is 4.48. The lowest BCUT2D eigenvalue weighted by atomic mass is 10.2. The molecule has 3 N–H and O–H groups in total. The van der Waals surface area contributed by atoms with Crippen LogP contribution in [0, 0.1) is 23.3 Å². The number of hydrogen-bond donors (Lipinski definition) is 2. The first-order valence-corrected chi connectivity index (χ1v) is 4.24. The number of anilines is 1. The zero-order chi connectivity index (χ0) is 12.5. The molecule has 0 saturated carbocycles. The third kappa shape index (κ3) is 2.30. The van der Waals surface area contributed by atoms with Crippen LogP contribution < -0.4 is 11.1 Å². The topological polar surface area (TPSA) is 55.1 Å². The molecule has 1 rings (SSSR count). The van der Waals surface area contributed by atoms with Crippen molar-refractivity contribution in [3.63, 3.8) is 0 Å². The van der Waals surface area contributed by atoms with Crippen LogP contribution in [0.25, 0.3) is 0 Å². The molecule has 0 radical (unpaired) electrons. The number of nitrogens with one attached hydrogen (secondary N) is 1. The normalized spacial score (nSPS) is 12.4. The molecule has 7 heteroatoms. The predicted molar refractivity (Wildman–Crippen MR) is 48.6 cm³/mol. The van der Waals surface area contributed by atoms with Crippen molar-refractivity contribution in [1.82, 2.24) is 0 Å². The molecule has 16 heavy (non-hydrogen) atoms. The summed E-state index contributed by atoms with van der Waals surface area (Å²) in [5.41, 5.74) is 3.93. The van der Waals surface area contributed by atoms with E-state index in [4.69, 9.17) is 5.73 Å². The van der Waals surface area contributed by atoms with E-state index in [0.29, 0.717) is 0 Å². The number of benzene rings is 1. The van der Waals surface area contributed by atoms with Crippen LogP contribution in [0.3, 0.4) is 0 Å². The number of amides is 1. The van der Waals surface area contributed by atoms with E-state index in [2.05, 4.69) is 0 Å². The standard InChI is InChI=1S/C9H8F4N2O/c1-3(14)9(16)15-8-6(12)4(10)2-5(11)7(8)13/h2-3H,14H2,1H3,(H,15,16). The van der Waals surface area contributed by atoms with E-state index in [1.165, 1.54) is 6.92 Å². The minimum absolute atomic E-state index is 0.0478. The minimum Gasteiger partial charge on any atom is -0.320 e. The summed E-state index contributed by atoms with van der Waals surface area (Å²) in [6.45, 7) is 1.25. The van der Waals surface area contributed by atoms with E-state index in [1.54, 1.807) is 5.32 Å². The molecule has 0 aliphatic carbocycles. The van der Waals surface area contributed by atoms with Crippen LogP contribution in [0.2, 0.25) is 0 Å². The summed E-state index contributed by atoms with van der Waals surface area (Å²) in [6.07, 6.45) is 0. The third-order valence-corrected chi connectivity index (χ3v) is 1.77. The van der Waals surface area contributed by atoms with Gasteiger partial charge in [0, 0.05) is 6.07 Å². The minimum atomic E-state index is -1.67. The molecule has 0 fully saturated rings. The first-order valence-electron chi connectivity index (χ1n) is 4.24. The van der Waals surface area contributed by atoms with Crippen molar-refractivity contribution < 1.29 is 22.4 Å². The van der Waals surface area contributed by atoms with Crippen LogP contribution in [0.1, 0.15) is 6.92 Å². The molecule has 0 aromatic heterocycles. The van der Waals surface area contributed by atoms with E-state index in [0.717, 1.165) is 0 Å². The van der Waals surface area contributed by atoms with E-state index in [9.17, 15) is 22.4 Å². The lowest BCUT2D eigenvalue weighted by Gasteiger charge is -2.10. The Morgan fingerprint density at radius 1 is 1.25 bits per heavy atom. The van der Waals surface area contributed by atoms with Gasteiger partial charge in [0.2, 0.25) is 5.91 Å². The molecule has 1 aromatic rings. The average molecular weight is 236 g/mol. The van der Waals surface area contributed by atoms with Gasteiger partial charge in [-0.15, -0.1) is 0 Å². The van der Waals surface area contributed by atoms with Gasteiger partial charge in [-0.3, -0.25) is 4.79 Å². The van der Waals surface area contributed by atoms with E-state index < -0.39 is 40.9 Å². The van der Waals surface area contributed by atoms with Gasteiger partial charge in [-0.25, -0.2) is 17.6 Å². The van der Waals surface area contributed by atoms with Crippen molar-refractivity contribution >= 4 is 11.6 Å². The molecule has 88 valence electrons. The van der Waals surface area contributed by atoms with Gasteiger partial charge in [0.05, 0.1) is 6.04 Å². The summed E-state index contributed by atoms with van der Waals surface area (Å²) in [5.74, 6) is -7.50. The molecule has 1 unspecified atom stereocenters. The van der Waals surface area contributed by atoms with Crippen LogP contribution >= 0.6 is 0 Å². The van der Waals surface area contributed by atoms with Gasteiger partial charge in [-0.1, -0.05) is 0 Å². The van der Waals surface area contributed by atoms with Crippen LogP contribution in [0.15, 0.2) is 6.07 Å². The summed E-state index contributed by atoms with van der Waals surface area (Å²) >= 11 is 0. The molecule has 1 atom stereocenters. The zero-order valence-electron chi connectivity index (χ0n) is 8.15. The summed E-state index contributed by atoms with van der Waals surface area (Å²) in [7, 11) is 0. The monoisotopic (exact) mass is 236 g/mol. The molecule has 3 nitrogen and oxygen atoms in total. The van der Waals surface area contributed by atoms with Gasteiger partial charge < -0.3 is 11.1 Å². The fourth-order valence-corrected chi connectivity index (χ4v) is 0.920. The van der Waals surface area contributed by atoms with Crippen molar-refractivity contribution in [3.8, 4) is 0 Å². The Balaban J connectivity index is 3.18. The first kappa shape index (κ1) is 12.4. The third-order valence-electron chi connectivity index (χ3n) is 1.77. The molecule has 1 aromatic carbocycles. The van der Waals surface area contributed by atoms with Crippen molar-refractivity contribution in [2.45, 2.75) is 13.0 Å². The maximum atomic E-state index is 13.0. The molecule has 1 amide bonds. The summed E-state index contributed by atoms with van der Waals surface area (Å²) < 4.78 is 51.5. The number of hydrogen-bond acceptors (Lipinski definition) is 2. The Bertz CT molecular complexity index is 408. The van der Waals surface area contributed by atoms with Crippen molar-refractivity contribution in [1.29, 1.82) is 0 Å². The van der Waals surface area contributed by atoms with Crippen LogP contribution in [0.5, 0.6) is 0 Å². The number of carbonyl (C=O) groups excluding carboxylic acids is 1. The maximum Gasteiger partial charge on any atom is 0.241 e. The Hall–Kier alpha value is -1.63. The van der Waals surface area contributed by atoms with Crippen molar-refractivity contribution in [2.75, 3.05) is 5.32 Å². The SMILES string of the molecule is CC(N)C(=O)Nc1c(F)c(F)cc(F)c1F. The number of halogens is 4. The van der Waals surface area contributed by atoms with Crippen molar-refractivity contribution in [2.24, 2.45) is 5.73 Å². The zero-order valence-corrected chi connectivity index (χ0v) is 8.15. The van der Waals surface area contributed by atoms with Gasteiger partial charge in [0.15, 0.2) is 23.3 Å². The Morgan fingerprint density at radius 2 is 1.69 bits per heavy atom. The molecule has 0 aliphatic heterocycles. The lowest BCUT2D eigenvalue weighted by Crippen LogP contribution is -2.33. The Labute approximate surface area is 88.2 Å². The number of carbonyl (C=O) groups is 1. The highest BCUT2D eigenvalue weighted by molar-refractivity contribution is 5.94. The van der Waals surface area contributed by atoms with Crippen molar-refractivity contribution in [3.05, 3.63) is 29.3 Å². The van der Waals surface area contributed by atoms with E-state index >= 15 is 0 Å². The van der Waals surface area contributed by atoms with Gasteiger partial charge in [0.25, 0.3) is 0 Å². The Kier molecular flexibility index (Phi) is 3.48. The highest BCUT2D eigenvalue weighted by Crippen LogP contribution is 2.24. The van der Waals surface area contributed by atoms with E-state index in [-0.39, 0.29) is 6.07 Å². The van der Waals surface area contributed by atoms with E-state index in [1.807, 2.05) is 0 Å². The van der Waals surface area contributed by atoms with Gasteiger partial charge >= 0.3 is 0 Å². The summed E-state index contributed by atoms with van der Waals surface area (Å²) in [6, 6.07) is -1.02. The smallest absolute Gasteiger partial charge is 0.241 e. The first-order chi connectivity index (χ1) is 7.34. The average Bonchev–Trinajstić information content (AvgIpc) is 2.21. The maximum absolute atomic E-state index is 13.0. The summed E-state index contributed by atoms with van der Waals surface area (Å²) in [5, 5.41) is 1.67. The molecular formula is C9H8F4N2O. The molecule has 0 heterocycles. The highest BCUT2D eigenvalue weighted by Gasteiger charge is 2.21. The van der Waals surface area contributed by atoms with Crippen LogP contribution in [-0.2, 0) is 4.79 Å².